The lowest BCUT2D eigenvalue weighted by Crippen LogP contribution is -2.10. The summed E-state index contributed by atoms with van der Waals surface area (Å²) in [6, 6.07) is 5.60. The van der Waals surface area contributed by atoms with Gasteiger partial charge in [-0.05, 0) is 32.4 Å². The average Bonchev–Trinajstić information content (AvgIpc) is 2.35. The first-order valence-electron chi connectivity index (χ1n) is 5.94. The second-order valence-electron chi connectivity index (χ2n) is 3.80. The highest BCUT2D eigenvalue weighted by atomic mass is 16.5. The molecule has 0 spiro atoms. The quantitative estimate of drug-likeness (QED) is 0.614. The van der Waals surface area contributed by atoms with Crippen molar-refractivity contribution in [3.63, 3.8) is 0 Å². The molecule has 0 aliphatic carbocycles. The van der Waals surface area contributed by atoms with Crippen molar-refractivity contribution < 1.29 is 9.53 Å². The van der Waals surface area contributed by atoms with Crippen LogP contribution >= 0.6 is 0 Å². The lowest BCUT2D eigenvalue weighted by atomic mass is 10.2. The third-order valence-corrected chi connectivity index (χ3v) is 2.31. The molecule has 5 nitrogen and oxygen atoms in total. The molecular weight excluding hydrogens is 230 g/mol. The van der Waals surface area contributed by atoms with Crippen molar-refractivity contribution in [2.24, 2.45) is 0 Å². The number of hydrogen-bond donors (Lipinski definition) is 1. The predicted molar refractivity (Wildman–Crippen MR) is 68.0 cm³/mol. The van der Waals surface area contributed by atoms with Crippen LogP contribution in [0, 0.1) is 18.3 Å². The largest absolute Gasteiger partial charge is 0.466 e. The molecule has 0 aliphatic heterocycles. The number of carbonyl (C=O) groups excluding carboxylic acids is 1. The maximum absolute atomic E-state index is 11.1. The first kappa shape index (κ1) is 14.0. The molecule has 0 saturated carbocycles. The Labute approximate surface area is 107 Å². The van der Waals surface area contributed by atoms with Crippen LogP contribution in [0.4, 0.5) is 5.82 Å². The van der Waals surface area contributed by atoms with Gasteiger partial charge in [-0.25, -0.2) is 4.98 Å². The summed E-state index contributed by atoms with van der Waals surface area (Å²) in [4.78, 5) is 15.4. The first-order chi connectivity index (χ1) is 8.67. The summed E-state index contributed by atoms with van der Waals surface area (Å²) < 4.78 is 4.82. The fourth-order valence-electron chi connectivity index (χ4n) is 1.45. The molecule has 0 aromatic carbocycles. The van der Waals surface area contributed by atoms with Crippen molar-refractivity contribution in [2.75, 3.05) is 18.5 Å². The summed E-state index contributed by atoms with van der Waals surface area (Å²) >= 11 is 0. The van der Waals surface area contributed by atoms with E-state index >= 15 is 0 Å². The third kappa shape index (κ3) is 4.42. The Kier molecular flexibility index (Phi) is 5.65. The Hall–Kier alpha value is -2.09. The topological polar surface area (TPSA) is 75.0 Å². The molecule has 0 bridgehead atoms. The zero-order chi connectivity index (χ0) is 13.4. The number of aryl methyl sites for hydroxylation is 1. The van der Waals surface area contributed by atoms with Gasteiger partial charge in [-0.15, -0.1) is 0 Å². The summed E-state index contributed by atoms with van der Waals surface area (Å²) in [6.07, 6.45) is 1.02. The van der Waals surface area contributed by atoms with E-state index in [9.17, 15) is 4.79 Å². The molecule has 1 rings (SSSR count). The molecule has 0 fully saturated rings. The summed E-state index contributed by atoms with van der Waals surface area (Å²) in [6.45, 7) is 4.64. The molecule has 0 radical (unpaired) electrons. The number of ether oxygens (including phenoxy) is 1. The van der Waals surface area contributed by atoms with Crippen LogP contribution in [0.15, 0.2) is 12.1 Å². The Morgan fingerprint density at radius 2 is 2.33 bits per heavy atom. The van der Waals surface area contributed by atoms with E-state index in [2.05, 4.69) is 16.4 Å². The van der Waals surface area contributed by atoms with Gasteiger partial charge < -0.3 is 10.1 Å². The number of hydrogen-bond acceptors (Lipinski definition) is 5. The maximum atomic E-state index is 11.1. The van der Waals surface area contributed by atoms with Gasteiger partial charge in [-0.3, -0.25) is 4.79 Å². The molecule has 0 atom stereocenters. The van der Waals surface area contributed by atoms with Crippen LogP contribution < -0.4 is 5.32 Å². The highest BCUT2D eigenvalue weighted by molar-refractivity contribution is 5.69. The molecular formula is C13H17N3O2. The van der Waals surface area contributed by atoms with Gasteiger partial charge in [0, 0.05) is 18.7 Å². The van der Waals surface area contributed by atoms with Gasteiger partial charge in [0.15, 0.2) is 0 Å². The van der Waals surface area contributed by atoms with Crippen molar-refractivity contribution >= 4 is 11.8 Å². The third-order valence-electron chi connectivity index (χ3n) is 2.31. The number of aromatic nitrogens is 1. The highest BCUT2D eigenvalue weighted by Crippen LogP contribution is 2.12. The van der Waals surface area contributed by atoms with Crippen LogP contribution in [0.25, 0.3) is 0 Å². The fraction of sp³-hybridized carbons (Fsp3) is 0.462. The smallest absolute Gasteiger partial charge is 0.305 e. The monoisotopic (exact) mass is 247 g/mol. The maximum Gasteiger partial charge on any atom is 0.305 e. The number of esters is 1. The zero-order valence-electron chi connectivity index (χ0n) is 10.7. The van der Waals surface area contributed by atoms with Crippen molar-refractivity contribution in [2.45, 2.75) is 26.7 Å². The SMILES string of the molecule is CCOC(=O)CCCNc1nc(C)ccc1C#N. The fourth-order valence-corrected chi connectivity index (χ4v) is 1.45. The number of nitrogens with zero attached hydrogens (tertiary/aromatic N) is 2. The van der Waals surface area contributed by atoms with E-state index in [4.69, 9.17) is 10.00 Å². The molecule has 1 aromatic heterocycles. The average molecular weight is 247 g/mol. The zero-order valence-corrected chi connectivity index (χ0v) is 10.7. The minimum Gasteiger partial charge on any atom is -0.466 e. The molecule has 1 heterocycles. The molecule has 1 aromatic rings. The summed E-state index contributed by atoms with van der Waals surface area (Å²) in [5.74, 6) is 0.373. The Morgan fingerprint density at radius 3 is 3.00 bits per heavy atom. The molecule has 5 heteroatoms. The number of nitriles is 1. The van der Waals surface area contributed by atoms with Crippen LogP contribution in [0.3, 0.4) is 0 Å². The van der Waals surface area contributed by atoms with Gasteiger partial charge in [0.1, 0.15) is 11.9 Å². The van der Waals surface area contributed by atoms with Crippen molar-refractivity contribution in [1.29, 1.82) is 5.26 Å². The summed E-state index contributed by atoms with van der Waals surface area (Å²) in [7, 11) is 0. The van der Waals surface area contributed by atoms with Crippen LogP contribution in [-0.2, 0) is 9.53 Å². The lowest BCUT2D eigenvalue weighted by Gasteiger charge is -2.07. The number of carbonyl (C=O) groups is 1. The standard InChI is InChI=1S/C13H17N3O2/c1-3-18-12(17)5-4-8-15-13-11(9-14)7-6-10(2)16-13/h6-7H,3-5,8H2,1-2H3,(H,15,16). The van der Waals surface area contributed by atoms with E-state index in [1.807, 2.05) is 6.92 Å². The molecule has 1 N–H and O–H groups in total. The lowest BCUT2D eigenvalue weighted by molar-refractivity contribution is -0.143. The molecule has 18 heavy (non-hydrogen) atoms. The summed E-state index contributed by atoms with van der Waals surface area (Å²) in [5, 5.41) is 12.0. The van der Waals surface area contributed by atoms with E-state index in [1.165, 1.54) is 0 Å². The van der Waals surface area contributed by atoms with Crippen LogP contribution in [0.1, 0.15) is 31.0 Å². The second-order valence-corrected chi connectivity index (χ2v) is 3.80. The van der Waals surface area contributed by atoms with Gasteiger partial charge in [0.2, 0.25) is 0 Å². The Bertz CT molecular complexity index is 452. The van der Waals surface area contributed by atoms with Gasteiger partial charge >= 0.3 is 5.97 Å². The minimum atomic E-state index is -0.197. The molecule has 0 saturated heterocycles. The molecule has 0 aliphatic rings. The van der Waals surface area contributed by atoms with Crippen molar-refractivity contribution in [1.82, 2.24) is 4.98 Å². The normalized spacial score (nSPS) is 9.61. The van der Waals surface area contributed by atoms with E-state index in [1.54, 1.807) is 19.1 Å². The highest BCUT2D eigenvalue weighted by Gasteiger charge is 2.04. The van der Waals surface area contributed by atoms with Crippen molar-refractivity contribution in [3.8, 4) is 6.07 Å². The van der Waals surface area contributed by atoms with Crippen LogP contribution in [-0.4, -0.2) is 24.1 Å². The van der Waals surface area contributed by atoms with E-state index in [-0.39, 0.29) is 5.97 Å². The Morgan fingerprint density at radius 1 is 1.56 bits per heavy atom. The van der Waals surface area contributed by atoms with Crippen LogP contribution in [0.5, 0.6) is 0 Å². The molecule has 0 unspecified atom stereocenters. The van der Waals surface area contributed by atoms with E-state index in [0.717, 1.165) is 5.69 Å². The molecule has 0 amide bonds. The van der Waals surface area contributed by atoms with E-state index < -0.39 is 0 Å². The second kappa shape index (κ2) is 7.28. The number of nitrogens with one attached hydrogen (secondary N) is 1. The van der Waals surface area contributed by atoms with E-state index in [0.29, 0.717) is 37.4 Å². The van der Waals surface area contributed by atoms with Gasteiger partial charge in [0.05, 0.1) is 12.2 Å². The number of rotatable bonds is 6. The predicted octanol–water partition coefficient (Wildman–Crippen LogP) is 2.02. The van der Waals surface area contributed by atoms with Gasteiger partial charge in [0.25, 0.3) is 0 Å². The molecule has 96 valence electrons. The van der Waals surface area contributed by atoms with Crippen molar-refractivity contribution in [3.05, 3.63) is 23.4 Å². The minimum absolute atomic E-state index is 0.197. The Balaban J connectivity index is 2.42. The number of anilines is 1. The van der Waals surface area contributed by atoms with Gasteiger partial charge in [-0.2, -0.15) is 5.26 Å². The van der Waals surface area contributed by atoms with Gasteiger partial charge in [-0.1, -0.05) is 0 Å². The first-order valence-corrected chi connectivity index (χ1v) is 5.94. The summed E-state index contributed by atoms with van der Waals surface area (Å²) in [5.41, 5.74) is 1.36. The van der Waals surface area contributed by atoms with Crippen LogP contribution in [0.2, 0.25) is 0 Å². The number of pyridine rings is 1.